The molecule has 1 aromatic heterocycles. The summed E-state index contributed by atoms with van der Waals surface area (Å²) in [6.45, 7) is 5.61. The minimum Gasteiger partial charge on any atom is -0.312 e. The first-order valence-corrected chi connectivity index (χ1v) is 7.88. The van der Waals surface area contributed by atoms with E-state index in [1.165, 1.54) is 37.2 Å². The van der Waals surface area contributed by atoms with E-state index in [0.29, 0.717) is 0 Å². The lowest BCUT2D eigenvalue weighted by atomic mass is 10.1. The number of benzene rings is 1. The molecule has 2 aromatic rings. The summed E-state index contributed by atoms with van der Waals surface area (Å²) in [6.07, 6.45) is 5.18. The SMILES string of the molecule is c1cnn(Cc2ccc(CN3C[C@@H]4CCN[C@@H]4C3)cc2)c1. The molecule has 2 saturated heterocycles. The lowest BCUT2D eigenvalue weighted by Gasteiger charge is -2.17. The van der Waals surface area contributed by atoms with Gasteiger partial charge >= 0.3 is 0 Å². The van der Waals surface area contributed by atoms with Gasteiger partial charge in [0.15, 0.2) is 0 Å². The van der Waals surface area contributed by atoms with Crippen LogP contribution in [0.5, 0.6) is 0 Å². The van der Waals surface area contributed by atoms with E-state index in [1.54, 1.807) is 0 Å². The second-order valence-electron chi connectivity index (χ2n) is 6.32. The normalized spacial score (nSPS) is 25.3. The predicted octanol–water partition coefficient (Wildman–Crippen LogP) is 1.73. The minimum absolute atomic E-state index is 0.740. The zero-order chi connectivity index (χ0) is 14.1. The third kappa shape index (κ3) is 2.87. The largest absolute Gasteiger partial charge is 0.312 e. The second kappa shape index (κ2) is 5.62. The number of rotatable bonds is 4. The Balaban J connectivity index is 1.36. The van der Waals surface area contributed by atoms with E-state index in [4.69, 9.17) is 0 Å². The third-order valence-electron chi connectivity index (χ3n) is 4.77. The first-order valence-electron chi connectivity index (χ1n) is 7.88. The van der Waals surface area contributed by atoms with E-state index in [9.17, 15) is 0 Å². The van der Waals surface area contributed by atoms with Crippen molar-refractivity contribution in [1.29, 1.82) is 0 Å². The van der Waals surface area contributed by atoms with Gasteiger partial charge in [0.25, 0.3) is 0 Å². The van der Waals surface area contributed by atoms with Crippen molar-refractivity contribution in [2.24, 2.45) is 5.92 Å². The van der Waals surface area contributed by atoms with Crippen molar-refractivity contribution < 1.29 is 0 Å². The van der Waals surface area contributed by atoms with Gasteiger partial charge in [0.1, 0.15) is 0 Å². The number of hydrogen-bond donors (Lipinski definition) is 1. The second-order valence-corrected chi connectivity index (χ2v) is 6.32. The highest BCUT2D eigenvalue weighted by molar-refractivity contribution is 5.23. The first-order chi connectivity index (χ1) is 10.4. The summed E-state index contributed by atoms with van der Waals surface area (Å²) in [6, 6.07) is 11.7. The fourth-order valence-electron chi connectivity index (χ4n) is 3.66. The number of nitrogens with zero attached hydrogens (tertiary/aromatic N) is 3. The summed E-state index contributed by atoms with van der Waals surface area (Å²) >= 11 is 0. The van der Waals surface area contributed by atoms with Crippen molar-refractivity contribution in [3.63, 3.8) is 0 Å². The molecule has 2 atom stereocenters. The Bertz CT molecular complexity index is 563. The van der Waals surface area contributed by atoms with Crippen molar-refractivity contribution in [1.82, 2.24) is 20.0 Å². The van der Waals surface area contributed by atoms with Crippen molar-refractivity contribution in [2.45, 2.75) is 25.6 Å². The molecule has 21 heavy (non-hydrogen) atoms. The molecule has 110 valence electrons. The molecule has 0 aliphatic carbocycles. The van der Waals surface area contributed by atoms with Crippen LogP contribution in [-0.2, 0) is 13.1 Å². The molecular weight excluding hydrogens is 260 g/mol. The molecule has 0 bridgehead atoms. The number of fused-ring (bicyclic) bond motifs is 1. The van der Waals surface area contributed by atoms with Crippen LogP contribution in [0.3, 0.4) is 0 Å². The topological polar surface area (TPSA) is 33.1 Å². The quantitative estimate of drug-likeness (QED) is 0.927. The van der Waals surface area contributed by atoms with Crippen molar-refractivity contribution in [3.8, 4) is 0 Å². The van der Waals surface area contributed by atoms with Crippen LogP contribution in [0.15, 0.2) is 42.7 Å². The van der Waals surface area contributed by atoms with Gasteiger partial charge in [-0.2, -0.15) is 5.10 Å². The molecule has 1 N–H and O–H groups in total. The molecule has 0 unspecified atom stereocenters. The monoisotopic (exact) mass is 282 g/mol. The molecule has 4 nitrogen and oxygen atoms in total. The van der Waals surface area contributed by atoms with Gasteiger partial charge in [-0.3, -0.25) is 9.58 Å². The van der Waals surface area contributed by atoms with Crippen LogP contribution in [0, 0.1) is 5.92 Å². The maximum absolute atomic E-state index is 4.25. The Morgan fingerprint density at radius 1 is 1.10 bits per heavy atom. The Labute approximate surface area is 125 Å². The smallest absolute Gasteiger partial charge is 0.0659 e. The number of hydrogen-bond acceptors (Lipinski definition) is 3. The van der Waals surface area contributed by atoms with E-state index >= 15 is 0 Å². The van der Waals surface area contributed by atoms with E-state index in [0.717, 1.165) is 25.0 Å². The highest BCUT2D eigenvalue weighted by Crippen LogP contribution is 2.25. The highest BCUT2D eigenvalue weighted by atomic mass is 15.3. The van der Waals surface area contributed by atoms with E-state index in [2.05, 4.69) is 39.6 Å². The highest BCUT2D eigenvalue weighted by Gasteiger charge is 2.35. The number of nitrogens with one attached hydrogen (secondary N) is 1. The minimum atomic E-state index is 0.740. The van der Waals surface area contributed by atoms with Crippen LogP contribution in [0.1, 0.15) is 17.5 Å². The lowest BCUT2D eigenvalue weighted by molar-refractivity contribution is 0.306. The van der Waals surface area contributed by atoms with Gasteiger partial charge in [-0.15, -0.1) is 0 Å². The average Bonchev–Trinajstić information content (AvgIpc) is 3.18. The fraction of sp³-hybridized carbons (Fsp3) is 0.471. The zero-order valence-electron chi connectivity index (χ0n) is 12.3. The van der Waals surface area contributed by atoms with Gasteiger partial charge in [0.2, 0.25) is 0 Å². The molecule has 4 heteroatoms. The number of likely N-dealkylation sites (tertiary alicyclic amines) is 1. The van der Waals surface area contributed by atoms with E-state index in [-0.39, 0.29) is 0 Å². The molecule has 3 heterocycles. The van der Waals surface area contributed by atoms with E-state index < -0.39 is 0 Å². The van der Waals surface area contributed by atoms with Crippen molar-refractivity contribution in [2.75, 3.05) is 19.6 Å². The van der Waals surface area contributed by atoms with Gasteiger partial charge in [-0.1, -0.05) is 24.3 Å². The van der Waals surface area contributed by atoms with Gasteiger partial charge in [0.05, 0.1) is 6.54 Å². The zero-order valence-corrected chi connectivity index (χ0v) is 12.3. The summed E-state index contributed by atoms with van der Waals surface area (Å²) in [5, 5.41) is 7.87. The van der Waals surface area contributed by atoms with E-state index in [1.807, 2.05) is 23.1 Å². The Hall–Kier alpha value is -1.65. The molecule has 0 spiro atoms. The molecule has 0 saturated carbocycles. The maximum atomic E-state index is 4.25. The average molecular weight is 282 g/mol. The molecule has 2 aliphatic rings. The number of aromatic nitrogens is 2. The molecule has 1 aromatic carbocycles. The van der Waals surface area contributed by atoms with Gasteiger partial charge in [-0.05, 0) is 36.1 Å². The lowest BCUT2D eigenvalue weighted by Crippen LogP contribution is -2.29. The van der Waals surface area contributed by atoms with Crippen LogP contribution >= 0.6 is 0 Å². The van der Waals surface area contributed by atoms with Crippen LogP contribution in [0.4, 0.5) is 0 Å². The predicted molar refractivity (Wildman–Crippen MR) is 82.9 cm³/mol. The van der Waals surface area contributed by atoms with Gasteiger partial charge in [-0.25, -0.2) is 0 Å². The molecule has 2 fully saturated rings. The Morgan fingerprint density at radius 2 is 1.90 bits per heavy atom. The summed E-state index contributed by atoms with van der Waals surface area (Å²) in [7, 11) is 0. The fourth-order valence-corrected chi connectivity index (χ4v) is 3.66. The van der Waals surface area contributed by atoms with Crippen LogP contribution in [0.2, 0.25) is 0 Å². The van der Waals surface area contributed by atoms with Crippen LogP contribution in [-0.4, -0.2) is 40.4 Å². The summed E-state index contributed by atoms with van der Waals surface area (Å²) < 4.78 is 1.96. The molecule has 4 rings (SSSR count). The Kier molecular flexibility index (Phi) is 3.49. The van der Waals surface area contributed by atoms with Crippen molar-refractivity contribution in [3.05, 3.63) is 53.9 Å². The first kappa shape index (κ1) is 13.0. The summed E-state index contributed by atoms with van der Waals surface area (Å²) in [5.41, 5.74) is 2.72. The molecular formula is C17H22N4. The maximum Gasteiger partial charge on any atom is 0.0659 e. The van der Waals surface area contributed by atoms with Gasteiger partial charge < -0.3 is 5.32 Å². The molecule has 0 radical (unpaired) electrons. The molecule has 2 aliphatic heterocycles. The van der Waals surface area contributed by atoms with Gasteiger partial charge in [0, 0.05) is 38.1 Å². The Morgan fingerprint density at radius 3 is 2.62 bits per heavy atom. The molecule has 0 amide bonds. The van der Waals surface area contributed by atoms with Crippen LogP contribution in [0.25, 0.3) is 0 Å². The third-order valence-corrected chi connectivity index (χ3v) is 4.77. The van der Waals surface area contributed by atoms with Crippen molar-refractivity contribution >= 4 is 0 Å². The summed E-state index contributed by atoms with van der Waals surface area (Å²) in [4.78, 5) is 2.59. The summed E-state index contributed by atoms with van der Waals surface area (Å²) in [5.74, 6) is 0.879. The van der Waals surface area contributed by atoms with Crippen LogP contribution < -0.4 is 5.32 Å². The standard InChI is InChI=1S/C17H22N4/c1-7-19-21(9-1)11-15-4-2-14(3-5-15)10-20-12-16-6-8-18-17(16)13-20/h1-5,7,9,16-18H,6,8,10-13H2/t16-,17+/m0/s1.